The van der Waals surface area contributed by atoms with Crippen LogP contribution in [0.2, 0.25) is 0 Å². The summed E-state index contributed by atoms with van der Waals surface area (Å²) in [5, 5.41) is 2.68. The molecule has 0 saturated heterocycles. The minimum atomic E-state index is -0.735. The lowest BCUT2D eigenvalue weighted by molar-refractivity contribution is -0.125. The van der Waals surface area contributed by atoms with Crippen LogP contribution in [-0.4, -0.2) is 29.6 Å². The SMILES string of the molecule is CC(C)CC(=O)C(NC(=O)OC(C)(C)C)C(C)OCc1ccccc1. The Hall–Kier alpha value is -1.88. The van der Waals surface area contributed by atoms with Gasteiger partial charge in [-0.15, -0.1) is 0 Å². The molecule has 0 spiro atoms. The predicted octanol–water partition coefficient (Wildman–Crippen LogP) is 4.10. The van der Waals surface area contributed by atoms with Gasteiger partial charge in [-0.2, -0.15) is 0 Å². The van der Waals surface area contributed by atoms with Crippen molar-refractivity contribution in [2.75, 3.05) is 0 Å². The first-order valence-corrected chi connectivity index (χ1v) is 8.76. The van der Waals surface area contributed by atoms with E-state index in [1.807, 2.05) is 44.2 Å². The van der Waals surface area contributed by atoms with Gasteiger partial charge in [0.25, 0.3) is 0 Å². The van der Waals surface area contributed by atoms with Gasteiger partial charge in [0.05, 0.1) is 12.7 Å². The van der Waals surface area contributed by atoms with Gasteiger partial charge in [0.15, 0.2) is 5.78 Å². The van der Waals surface area contributed by atoms with Crippen LogP contribution in [0.15, 0.2) is 30.3 Å². The van der Waals surface area contributed by atoms with Gasteiger partial charge >= 0.3 is 6.09 Å². The van der Waals surface area contributed by atoms with Crippen molar-refractivity contribution >= 4 is 11.9 Å². The maximum Gasteiger partial charge on any atom is 0.408 e. The number of Topliss-reactive ketones (excluding diaryl/α,β-unsaturated/α-hetero) is 1. The number of hydrogen-bond acceptors (Lipinski definition) is 4. The molecule has 0 aliphatic carbocycles. The van der Waals surface area contributed by atoms with Crippen molar-refractivity contribution in [1.29, 1.82) is 0 Å². The number of amides is 1. The lowest BCUT2D eigenvalue weighted by atomic mass is 9.98. The van der Waals surface area contributed by atoms with Crippen molar-refractivity contribution in [3.63, 3.8) is 0 Å². The first kappa shape index (κ1) is 21.2. The van der Waals surface area contributed by atoms with Gasteiger partial charge in [-0.05, 0) is 39.2 Å². The fourth-order valence-corrected chi connectivity index (χ4v) is 2.32. The Labute approximate surface area is 151 Å². The van der Waals surface area contributed by atoms with Gasteiger partial charge in [0.2, 0.25) is 0 Å². The van der Waals surface area contributed by atoms with E-state index < -0.39 is 23.8 Å². The average molecular weight is 349 g/mol. The molecule has 2 unspecified atom stereocenters. The summed E-state index contributed by atoms with van der Waals surface area (Å²) in [6.07, 6.45) is -0.691. The standard InChI is InChI=1S/C20H31NO4/c1-14(2)12-17(22)18(21-19(23)25-20(4,5)6)15(3)24-13-16-10-8-7-9-11-16/h7-11,14-15,18H,12-13H2,1-6H3,(H,21,23). The molecule has 0 radical (unpaired) electrons. The van der Waals surface area contributed by atoms with Crippen LogP contribution in [0.1, 0.15) is 53.5 Å². The maximum atomic E-state index is 12.6. The van der Waals surface area contributed by atoms with Crippen molar-refractivity contribution in [3.05, 3.63) is 35.9 Å². The number of ether oxygens (including phenoxy) is 2. The first-order chi connectivity index (χ1) is 11.6. The van der Waals surface area contributed by atoms with Crippen LogP contribution in [0.5, 0.6) is 0 Å². The highest BCUT2D eigenvalue weighted by Gasteiger charge is 2.29. The highest BCUT2D eigenvalue weighted by molar-refractivity contribution is 5.88. The van der Waals surface area contributed by atoms with Crippen molar-refractivity contribution in [3.8, 4) is 0 Å². The summed E-state index contributed by atoms with van der Waals surface area (Å²) < 4.78 is 11.1. The Kier molecular flexibility index (Phi) is 8.10. The molecular weight excluding hydrogens is 318 g/mol. The van der Waals surface area contributed by atoms with Gasteiger partial charge in [0, 0.05) is 6.42 Å². The maximum absolute atomic E-state index is 12.6. The molecule has 0 aromatic heterocycles. The Morgan fingerprint density at radius 3 is 2.20 bits per heavy atom. The summed E-state index contributed by atoms with van der Waals surface area (Å²) in [6, 6.07) is 8.98. The zero-order valence-electron chi connectivity index (χ0n) is 16.2. The second-order valence-electron chi connectivity index (χ2n) is 7.69. The van der Waals surface area contributed by atoms with E-state index in [0.717, 1.165) is 5.56 Å². The topological polar surface area (TPSA) is 64.6 Å². The van der Waals surface area contributed by atoms with Crippen molar-refractivity contribution < 1.29 is 19.1 Å². The third-order valence-corrected chi connectivity index (χ3v) is 3.45. The number of ketones is 1. The highest BCUT2D eigenvalue weighted by Crippen LogP contribution is 2.13. The van der Waals surface area contributed by atoms with E-state index in [4.69, 9.17) is 9.47 Å². The van der Waals surface area contributed by atoms with E-state index in [1.54, 1.807) is 27.7 Å². The van der Waals surface area contributed by atoms with Gasteiger partial charge in [0.1, 0.15) is 11.6 Å². The molecule has 5 heteroatoms. The quantitative estimate of drug-likeness (QED) is 0.767. The first-order valence-electron chi connectivity index (χ1n) is 8.76. The Morgan fingerprint density at radius 2 is 1.68 bits per heavy atom. The summed E-state index contributed by atoms with van der Waals surface area (Å²) in [7, 11) is 0. The molecule has 2 atom stereocenters. The summed E-state index contributed by atoms with van der Waals surface area (Å²) in [5.74, 6) is 0.151. The van der Waals surface area contributed by atoms with Crippen LogP contribution in [0.25, 0.3) is 0 Å². The number of hydrogen-bond donors (Lipinski definition) is 1. The molecule has 1 amide bonds. The monoisotopic (exact) mass is 349 g/mol. The molecule has 0 fully saturated rings. The van der Waals surface area contributed by atoms with Crippen LogP contribution in [0, 0.1) is 5.92 Å². The van der Waals surface area contributed by atoms with Crippen LogP contribution in [0.3, 0.4) is 0 Å². The number of benzene rings is 1. The smallest absolute Gasteiger partial charge is 0.408 e. The normalized spacial score (nSPS) is 14.0. The molecule has 140 valence electrons. The summed E-state index contributed by atoms with van der Waals surface area (Å²) in [4.78, 5) is 24.7. The third-order valence-electron chi connectivity index (χ3n) is 3.45. The van der Waals surface area contributed by atoms with Crippen molar-refractivity contribution in [2.24, 2.45) is 5.92 Å². The molecule has 25 heavy (non-hydrogen) atoms. The molecule has 0 heterocycles. The van der Waals surface area contributed by atoms with Gasteiger partial charge < -0.3 is 14.8 Å². The molecular formula is C20H31NO4. The second kappa shape index (κ2) is 9.56. The Bertz CT molecular complexity index is 549. The number of alkyl carbamates (subject to hydrolysis) is 1. The van der Waals surface area contributed by atoms with E-state index in [2.05, 4.69) is 5.32 Å². The van der Waals surface area contributed by atoms with Crippen molar-refractivity contribution in [2.45, 2.75) is 72.3 Å². The minimum absolute atomic E-state index is 0.0542. The van der Waals surface area contributed by atoms with E-state index in [-0.39, 0.29) is 11.7 Å². The third kappa shape index (κ3) is 8.68. The molecule has 5 nitrogen and oxygen atoms in total. The van der Waals surface area contributed by atoms with Crippen LogP contribution < -0.4 is 5.32 Å². The summed E-state index contributed by atoms with van der Waals surface area (Å²) >= 11 is 0. The molecule has 1 aromatic rings. The molecule has 0 aliphatic heterocycles. The minimum Gasteiger partial charge on any atom is -0.444 e. The number of carbonyl (C=O) groups is 2. The van der Waals surface area contributed by atoms with E-state index in [9.17, 15) is 9.59 Å². The van der Waals surface area contributed by atoms with Gasteiger partial charge in [-0.1, -0.05) is 44.2 Å². The van der Waals surface area contributed by atoms with Gasteiger partial charge in [-0.25, -0.2) is 4.79 Å². The molecule has 0 saturated carbocycles. The molecule has 1 aromatic carbocycles. The zero-order valence-corrected chi connectivity index (χ0v) is 16.2. The largest absolute Gasteiger partial charge is 0.444 e. The average Bonchev–Trinajstić information content (AvgIpc) is 2.48. The zero-order chi connectivity index (χ0) is 19.0. The highest BCUT2D eigenvalue weighted by atomic mass is 16.6. The van der Waals surface area contributed by atoms with Crippen LogP contribution in [-0.2, 0) is 20.9 Å². The predicted molar refractivity (Wildman–Crippen MR) is 98.3 cm³/mol. The Balaban J connectivity index is 2.74. The fraction of sp³-hybridized carbons (Fsp3) is 0.600. The number of rotatable bonds is 8. The van der Waals surface area contributed by atoms with Crippen LogP contribution in [0.4, 0.5) is 4.79 Å². The summed E-state index contributed by atoms with van der Waals surface area (Å²) in [5.41, 5.74) is 0.394. The summed E-state index contributed by atoms with van der Waals surface area (Å²) in [6.45, 7) is 11.5. The van der Waals surface area contributed by atoms with E-state index in [0.29, 0.717) is 13.0 Å². The number of carbonyl (C=O) groups excluding carboxylic acids is 2. The Morgan fingerprint density at radius 1 is 1.08 bits per heavy atom. The fourth-order valence-electron chi connectivity index (χ4n) is 2.32. The molecule has 1 rings (SSSR count). The van der Waals surface area contributed by atoms with Crippen LogP contribution >= 0.6 is 0 Å². The van der Waals surface area contributed by atoms with Gasteiger partial charge in [-0.3, -0.25) is 4.79 Å². The number of nitrogens with one attached hydrogen (secondary N) is 1. The second-order valence-corrected chi connectivity index (χ2v) is 7.69. The van der Waals surface area contributed by atoms with E-state index in [1.165, 1.54) is 0 Å². The lowest BCUT2D eigenvalue weighted by Gasteiger charge is -2.27. The van der Waals surface area contributed by atoms with Crippen molar-refractivity contribution in [1.82, 2.24) is 5.32 Å². The molecule has 1 N–H and O–H groups in total. The molecule has 0 aliphatic rings. The van der Waals surface area contributed by atoms with E-state index >= 15 is 0 Å². The molecule has 0 bridgehead atoms. The lowest BCUT2D eigenvalue weighted by Crippen LogP contribution is -2.50.